The molecule has 3 N–H and O–H groups in total. The third-order valence-corrected chi connectivity index (χ3v) is 3.43. The van der Waals surface area contributed by atoms with Crippen LogP contribution >= 0.6 is 12.2 Å². The molecule has 1 amide bonds. The molecule has 0 saturated heterocycles. The number of hydrogen-bond acceptors (Lipinski definition) is 4. The maximum Gasteiger partial charge on any atom is 0.305 e. The molecule has 2 rings (SSSR count). The second-order valence-electron chi connectivity index (χ2n) is 5.08. The van der Waals surface area contributed by atoms with E-state index in [2.05, 4.69) is 16.2 Å². The van der Waals surface area contributed by atoms with E-state index in [4.69, 9.17) is 21.4 Å². The maximum absolute atomic E-state index is 13.7. The fourth-order valence-electron chi connectivity index (χ4n) is 2.15. The van der Waals surface area contributed by atoms with Crippen LogP contribution in [0.3, 0.4) is 0 Å². The first kappa shape index (κ1) is 17.2. The topological polar surface area (TPSA) is 75.5 Å². The van der Waals surface area contributed by atoms with Gasteiger partial charge in [-0.15, -0.1) is 0 Å². The number of ether oxygens (including phenoxy) is 1. The predicted octanol–water partition coefficient (Wildman–Crippen LogP) is 2.02. The van der Waals surface area contributed by atoms with Gasteiger partial charge in [0.05, 0.1) is 6.61 Å². The number of para-hydroxylation sites is 1. The molecule has 0 fully saturated rings. The third kappa shape index (κ3) is 3.96. The lowest BCUT2D eigenvalue weighted by molar-refractivity contribution is 0.0916. The molecule has 0 unspecified atom stereocenters. The molecule has 1 atom stereocenters. The van der Waals surface area contributed by atoms with Gasteiger partial charge in [-0.25, -0.2) is 4.39 Å². The molecule has 1 aromatic heterocycles. The SMILES string of the molecule is COC[C@H](C)NC(=S)NNC(=O)c1oc2c(F)cccc2c1C. The van der Waals surface area contributed by atoms with Crippen LogP contribution in [0.5, 0.6) is 0 Å². The van der Waals surface area contributed by atoms with Crippen LogP contribution in [0.4, 0.5) is 4.39 Å². The van der Waals surface area contributed by atoms with Crippen LogP contribution in [0.15, 0.2) is 22.6 Å². The zero-order chi connectivity index (χ0) is 17.0. The average Bonchev–Trinajstić information content (AvgIpc) is 2.84. The van der Waals surface area contributed by atoms with Gasteiger partial charge in [0, 0.05) is 24.1 Å². The van der Waals surface area contributed by atoms with Gasteiger partial charge in [-0.1, -0.05) is 12.1 Å². The summed E-state index contributed by atoms with van der Waals surface area (Å²) in [6.45, 7) is 4.04. The van der Waals surface area contributed by atoms with Crippen LogP contribution in [0, 0.1) is 12.7 Å². The summed E-state index contributed by atoms with van der Waals surface area (Å²) in [6, 6.07) is 4.52. The Kier molecular flexibility index (Phi) is 5.51. The fraction of sp³-hybridized carbons (Fsp3) is 0.333. The van der Waals surface area contributed by atoms with E-state index in [1.165, 1.54) is 6.07 Å². The van der Waals surface area contributed by atoms with Crippen molar-refractivity contribution in [1.29, 1.82) is 0 Å². The first-order valence-corrected chi connectivity index (χ1v) is 7.38. The van der Waals surface area contributed by atoms with Gasteiger partial charge in [-0.2, -0.15) is 0 Å². The highest BCUT2D eigenvalue weighted by molar-refractivity contribution is 7.80. The molecule has 0 radical (unpaired) electrons. The van der Waals surface area contributed by atoms with Crippen LogP contribution in [0.25, 0.3) is 11.0 Å². The highest BCUT2D eigenvalue weighted by atomic mass is 32.1. The summed E-state index contributed by atoms with van der Waals surface area (Å²) >= 11 is 5.05. The van der Waals surface area contributed by atoms with Crippen molar-refractivity contribution in [2.24, 2.45) is 0 Å². The third-order valence-electron chi connectivity index (χ3n) is 3.21. The van der Waals surface area contributed by atoms with E-state index in [-0.39, 0.29) is 22.5 Å². The molecule has 23 heavy (non-hydrogen) atoms. The number of hydrogen-bond donors (Lipinski definition) is 3. The van der Waals surface area contributed by atoms with Crippen molar-refractivity contribution < 1.29 is 18.3 Å². The lowest BCUT2D eigenvalue weighted by atomic mass is 10.1. The highest BCUT2D eigenvalue weighted by Gasteiger charge is 2.19. The monoisotopic (exact) mass is 339 g/mol. The Hall–Kier alpha value is -2.19. The second kappa shape index (κ2) is 7.38. The Balaban J connectivity index is 2.03. The Bertz CT molecular complexity index is 732. The number of amides is 1. The van der Waals surface area contributed by atoms with E-state index in [1.807, 2.05) is 6.92 Å². The largest absolute Gasteiger partial charge is 0.447 e. The molecule has 0 aliphatic carbocycles. The molecule has 0 saturated carbocycles. The van der Waals surface area contributed by atoms with Crippen molar-refractivity contribution in [2.45, 2.75) is 19.9 Å². The number of carbonyl (C=O) groups excluding carboxylic acids is 1. The second-order valence-corrected chi connectivity index (χ2v) is 5.49. The molecule has 6 nitrogen and oxygen atoms in total. The minimum Gasteiger partial charge on any atom is -0.447 e. The van der Waals surface area contributed by atoms with Crippen LogP contribution in [-0.4, -0.2) is 30.8 Å². The van der Waals surface area contributed by atoms with Gasteiger partial charge in [0.15, 0.2) is 22.3 Å². The molecule has 0 aliphatic heterocycles. The van der Waals surface area contributed by atoms with E-state index >= 15 is 0 Å². The molecule has 0 spiro atoms. The molecule has 1 heterocycles. The molecule has 1 aromatic carbocycles. The van der Waals surface area contributed by atoms with Gasteiger partial charge < -0.3 is 14.5 Å². The maximum atomic E-state index is 13.7. The quantitative estimate of drug-likeness (QED) is 0.585. The standard InChI is InChI=1S/C15H18FN3O3S/c1-8(7-21-3)17-15(23)19-18-14(20)12-9(2)10-5-4-6-11(16)13(10)22-12/h4-6,8H,7H2,1-3H3,(H,18,20)(H2,17,19,23)/t8-/m0/s1. The Morgan fingerprint density at radius 3 is 2.83 bits per heavy atom. The Labute approximate surface area is 138 Å². The van der Waals surface area contributed by atoms with Crippen LogP contribution < -0.4 is 16.2 Å². The summed E-state index contributed by atoms with van der Waals surface area (Å²) in [5.74, 6) is -1.02. The Morgan fingerprint density at radius 1 is 1.43 bits per heavy atom. The zero-order valence-corrected chi connectivity index (χ0v) is 13.8. The van der Waals surface area contributed by atoms with E-state index in [9.17, 15) is 9.18 Å². The van der Waals surface area contributed by atoms with E-state index in [0.29, 0.717) is 17.6 Å². The zero-order valence-electron chi connectivity index (χ0n) is 13.0. The number of thiocarbonyl (C=S) groups is 1. The minimum atomic E-state index is -0.540. The smallest absolute Gasteiger partial charge is 0.305 e. The average molecular weight is 339 g/mol. The number of nitrogens with one attached hydrogen (secondary N) is 3. The van der Waals surface area contributed by atoms with Crippen molar-refractivity contribution in [3.05, 3.63) is 35.3 Å². The van der Waals surface area contributed by atoms with Gasteiger partial charge in [0.2, 0.25) is 0 Å². The molecule has 0 aliphatic rings. The van der Waals surface area contributed by atoms with E-state index < -0.39 is 11.7 Å². The molecule has 2 aromatic rings. The van der Waals surface area contributed by atoms with Crippen LogP contribution in [0.1, 0.15) is 23.0 Å². The number of rotatable bonds is 4. The van der Waals surface area contributed by atoms with Crippen molar-refractivity contribution in [3.63, 3.8) is 0 Å². The van der Waals surface area contributed by atoms with Gasteiger partial charge in [0.1, 0.15) is 0 Å². The number of aryl methyl sites for hydroxylation is 1. The summed E-state index contributed by atoms with van der Waals surface area (Å²) in [7, 11) is 1.58. The number of furan rings is 1. The van der Waals surface area contributed by atoms with Crippen molar-refractivity contribution in [1.82, 2.24) is 16.2 Å². The molecule has 0 bridgehead atoms. The number of carbonyl (C=O) groups is 1. The van der Waals surface area contributed by atoms with Gasteiger partial charge in [-0.3, -0.25) is 15.6 Å². The number of fused-ring (bicyclic) bond motifs is 1. The molecule has 8 heteroatoms. The van der Waals surface area contributed by atoms with E-state index in [1.54, 1.807) is 26.2 Å². The van der Waals surface area contributed by atoms with Gasteiger partial charge in [-0.05, 0) is 32.1 Å². The van der Waals surface area contributed by atoms with Gasteiger partial charge >= 0.3 is 5.91 Å². The summed E-state index contributed by atoms with van der Waals surface area (Å²) < 4.78 is 24.0. The van der Waals surface area contributed by atoms with Gasteiger partial charge in [0.25, 0.3) is 0 Å². The first-order valence-electron chi connectivity index (χ1n) is 6.97. The lowest BCUT2D eigenvalue weighted by Crippen LogP contribution is -2.50. The number of benzene rings is 1. The number of methoxy groups -OCH3 is 1. The number of halogens is 1. The van der Waals surface area contributed by atoms with Crippen LogP contribution in [-0.2, 0) is 4.74 Å². The summed E-state index contributed by atoms with van der Waals surface area (Å²) in [5.41, 5.74) is 5.61. The first-order chi connectivity index (χ1) is 10.9. The van der Waals surface area contributed by atoms with Crippen molar-refractivity contribution >= 4 is 34.2 Å². The van der Waals surface area contributed by atoms with E-state index in [0.717, 1.165) is 0 Å². The summed E-state index contributed by atoms with van der Waals surface area (Å²) in [6.07, 6.45) is 0. The highest BCUT2D eigenvalue weighted by Crippen LogP contribution is 2.26. The van der Waals surface area contributed by atoms with Crippen LogP contribution in [0.2, 0.25) is 0 Å². The summed E-state index contributed by atoms with van der Waals surface area (Å²) in [5, 5.41) is 3.73. The summed E-state index contributed by atoms with van der Waals surface area (Å²) in [4.78, 5) is 12.2. The molecular formula is C15H18FN3O3S. The normalized spacial score (nSPS) is 12.0. The number of hydrazine groups is 1. The predicted molar refractivity (Wildman–Crippen MR) is 88.6 cm³/mol. The van der Waals surface area contributed by atoms with Crippen molar-refractivity contribution in [3.8, 4) is 0 Å². The molecule has 124 valence electrons. The minimum absolute atomic E-state index is 0.0149. The molecular weight excluding hydrogens is 321 g/mol. The van der Waals surface area contributed by atoms with Crippen molar-refractivity contribution in [2.75, 3.05) is 13.7 Å². The Morgan fingerprint density at radius 2 is 2.17 bits per heavy atom. The fourth-order valence-corrected chi connectivity index (χ4v) is 2.40. The lowest BCUT2D eigenvalue weighted by Gasteiger charge is -2.16.